The number of hydrogen-bond acceptors (Lipinski definition) is 3. The lowest BCUT2D eigenvalue weighted by Gasteiger charge is -2.08. The van der Waals surface area contributed by atoms with Crippen LogP contribution in [0, 0.1) is 0 Å². The average molecular weight is 318 g/mol. The molecule has 0 bridgehead atoms. The summed E-state index contributed by atoms with van der Waals surface area (Å²) in [5, 5.41) is 1.05. The normalized spacial score (nSPS) is 12.7. The van der Waals surface area contributed by atoms with E-state index >= 15 is 0 Å². The summed E-state index contributed by atoms with van der Waals surface area (Å²) in [5.74, 6) is 0. The van der Waals surface area contributed by atoms with E-state index in [0.29, 0.717) is 10.2 Å². The van der Waals surface area contributed by atoms with Gasteiger partial charge in [-0.25, -0.2) is 0 Å². The molecule has 106 valence electrons. The molecule has 1 aromatic heterocycles. The van der Waals surface area contributed by atoms with E-state index in [4.69, 9.17) is 24.4 Å². The molecule has 0 fully saturated rings. The van der Waals surface area contributed by atoms with E-state index in [1.54, 1.807) is 9.80 Å². The predicted molar refractivity (Wildman–Crippen MR) is 86.0 cm³/mol. The third-order valence-corrected chi connectivity index (χ3v) is 4.12. The van der Waals surface area contributed by atoms with Crippen molar-refractivity contribution in [3.05, 3.63) is 10.4 Å². The van der Waals surface area contributed by atoms with Crippen molar-refractivity contribution in [1.82, 2.24) is 18.3 Å². The van der Waals surface area contributed by atoms with Crippen LogP contribution in [0.1, 0.15) is 0 Å². The fraction of sp³-hybridized carbons (Fsp3) is 0.600. The topological polar surface area (TPSA) is 41.1 Å². The van der Waals surface area contributed by atoms with Crippen molar-refractivity contribution >= 4 is 46.2 Å². The third-order valence-electron chi connectivity index (χ3n) is 2.24. The van der Waals surface area contributed by atoms with Gasteiger partial charge in [-0.2, -0.15) is 9.98 Å². The number of hydrogen-bond donors (Lipinski definition) is 0. The summed E-state index contributed by atoms with van der Waals surface area (Å²) >= 11 is 11.8. The lowest BCUT2D eigenvalue weighted by atomic mass is 10.8. The van der Waals surface area contributed by atoms with Crippen molar-refractivity contribution < 1.29 is 0 Å². The van der Waals surface area contributed by atoms with Gasteiger partial charge in [0, 0.05) is 42.3 Å². The molecule has 1 rings (SSSR count). The summed E-state index contributed by atoms with van der Waals surface area (Å²) in [7, 11) is 11.3. The van der Waals surface area contributed by atoms with Crippen molar-refractivity contribution in [3.63, 3.8) is 0 Å². The standard InChI is InChI=1S/C10H18N6S3/c1-13(2)8(17)11-7-15(5)10(19-16(7)6)12-9(18)14(3)4/h1-6H3/b11-7-,12-10+. The SMILES string of the molecule is CN(C)C(=S)/N=c1\n(C)s/c(=N/C(=S)N(C)C)n1C. The predicted octanol–water partition coefficient (Wildman–Crippen LogP) is -0.0805. The van der Waals surface area contributed by atoms with E-state index in [9.17, 15) is 0 Å². The Morgan fingerprint density at radius 2 is 1.47 bits per heavy atom. The lowest BCUT2D eigenvalue weighted by molar-refractivity contribution is 0.617. The quantitative estimate of drug-likeness (QED) is 0.628. The molecule has 0 aromatic carbocycles. The number of nitrogens with zero attached hydrogens (tertiary/aromatic N) is 6. The Morgan fingerprint density at radius 1 is 1.00 bits per heavy atom. The Kier molecular flexibility index (Phi) is 5.39. The van der Waals surface area contributed by atoms with Gasteiger partial charge in [-0.3, -0.25) is 8.52 Å². The molecular weight excluding hydrogens is 300 g/mol. The molecule has 0 aliphatic heterocycles. The van der Waals surface area contributed by atoms with Crippen LogP contribution in [0.3, 0.4) is 0 Å². The van der Waals surface area contributed by atoms with Crippen LogP contribution in [0.15, 0.2) is 9.98 Å². The largest absolute Gasteiger partial charge is 0.353 e. The van der Waals surface area contributed by atoms with Crippen LogP contribution in [-0.4, -0.2) is 56.7 Å². The monoisotopic (exact) mass is 318 g/mol. The molecule has 19 heavy (non-hydrogen) atoms. The van der Waals surface area contributed by atoms with Crippen LogP contribution in [-0.2, 0) is 14.1 Å². The first-order chi connectivity index (χ1) is 8.73. The fourth-order valence-electron chi connectivity index (χ4n) is 1.13. The Hall–Kier alpha value is -1.06. The molecule has 1 heterocycles. The second kappa shape index (κ2) is 6.40. The van der Waals surface area contributed by atoms with Gasteiger partial charge in [0.15, 0.2) is 10.2 Å². The number of aryl methyl sites for hydroxylation is 1. The minimum Gasteiger partial charge on any atom is -0.353 e. The highest BCUT2D eigenvalue weighted by Gasteiger charge is 2.04. The summed E-state index contributed by atoms with van der Waals surface area (Å²) < 4.78 is 3.78. The molecule has 0 aliphatic rings. The Morgan fingerprint density at radius 3 is 1.95 bits per heavy atom. The summed E-state index contributed by atoms with van der Waals surface area (Å²) in [6, 6.07) is 0. The van der Waals surface area contributed by atoms with Crippen LogP contribution >= 0.6 is 36.0 Å². The zero-order chi connectivity index (χ0) is 14.7. The van der Waals surface area contributed by atoms with Crippen molar-refractivity contribution in [2.45, 2.75) is 0 Å². The van der Waals surface area contributed by atoms with Crippen LogP contribution in [0.25, 0.3) is 0 Å². The van der Waals surface area contributed by atoms with Crippen LogP contribution in [0.5, 0.6) is 0 Å². The second-order valence-corrected chi connectivity index (χ2v) is 6.13. The maximum atomic E-state index is 5.19. The van der Waals surface area contributed by atoms with Gasteiger partial charge in [0.05, 0.1) is 0 Å². The third kappa shape index (κ3) is 3.95. The fourth-order valence-corrected chi connectivity index (χ4v) is 2.18. The molecule has 1 aromatic rings. The molecule has 0 saturated heterocycles. The molecule has 0 unspecified atom stereocenters. The molecule has 0 N–H and O–H groups in total. The molecule has 0 radical (unpaired) electrons. The van der Waals surface area contributed by atoms with Gasteiger partial charge < -0.3 is 9.80 Å². The first-order valence-corrected chi connectivity index (χ1v) is 7.08. The Balaban J connectivity index is 3.38. The van der Waals surface area contributed by atoms with Crippen LogP contribution in [0.2, 0.25) is 0 Å². The zero-order valence-corrected chi connectivity index (χ0v) is 14.4. The molecule has 0 amide bonds. The van der Waals surface area contributed by atoms with Crippen LogP contribution in [0.4, 0.5) is 0 Å². The number of aromatic nitrogens is 2. The van der Waals surface area contributed by atoms with E-state index in [1.165, 1.54) is 11.5 Å². The molecule has 0 aliphatic carbocycles. The maximum absolute atomic E-state index is 5.19. The Bertz CT molecular complexity index is 616. The van der Waals surface area contributed by atoms with E-state index in [2.05, 4.69) is 9.98 Å². The first kappa shape index (κ1) is 16.0. The minimum atomic E-state index is 0.519. The van der Waals surface area contributed by atoms with Gasteiger partial charge in [-0.1, -0.05) is 0 Å². The highest BCUT2D eigenvalue weighted by molar-refractivity contribution is 7.80. The number of thiocarbonyl (C=S) groups is 2. The second-order valence-electron chi connectivity index (χ2n) is 4.31. The zero-order valence-electron chi connectivity index (χ0n) is 11.9. The summed E-state index contributed by atoms with van der Waals surface area (Å²) in [6.45, 7) is 0. The van der Waals surface area contributed by atoms with Crippen molar-refractivity contribution in [2.24, 2.45) is 24.1 Å². The van der Waals surface area contributed by atoms with Gasteiger partial charge in [0.25, 0.3) is 0 Å². The summed E-state index contributed by atoms with van der Waals surface area (Å²) in [6.07, 6.45) is 0. The molecule has 0 atom stereocenters. The van der Waals surface area contributed by atoms with Gasteiger partial charge in [0.2, 0.25) is 10.4 Å². The first-order valence-electron chi connectivity index (χ1n) is 5.49. The molecular formula is C10H18N6S3. The molecule has 0 spiro atoms. The van der Waals surface area contributed by atoms with E-state index in [0.717, 1.165) is 10.4 Å². The van der Waals surface area contributed by atoms with E-state index in [-0.39, 0.29) is 0 Å². The van der Waals surface area contributed by atoms with Crippen LogP contribution < -0.4 is 10.4 Å². The maximum Gasteiger partial charge on any atom is 0.223 e. The van der Waals surface area contributed by atoms with Crippen molar-refractivity contribution in [2.75, 3.05) is 28.2 Å². The van der Waals surface area contributed by atoms with E-state index in [1.807, 2.05) is 50.8 Å². The lowest BCUT2D eigenvalue weighted by Crippen LogP contribution is -2.31. The molecule has 9 heteroatoms. The summed E-state index contributed by atoms with van der Waals surface area (Å²) in [4.78, 5) is 13.2. The minimum absolute atomic E-state index is 0.519. The number of rotatable bonds is 0. The Labute approximate surface area is 127 Å². The van der Waals surface area contributed by atoms with Crippen molar-refractivity contribution in [3.8, 4) is 0 Å². The van der Waals surface area contributed by atoms with Gasteiger partial charge in [-0.05, 0) is 36.0 Å². The highest BCUT2D eigenvalue weighted by Crippen LogP contribution is 1.88. The highest BCUT2D eigenvalue weighted by atomic mass is 32.1. The smallest absolute Gasteiger partial charge is 0.223 e. The summed E-state index contributed by atoms with van der Waals surface area (Å²) in [5.41, 5.74) is 0.740. The molecule has 0 saturated carbocycles. The van der Waals surface area contributed by atoms with E-state index < -0.39 is 0 Å². The van der Waals surface area contributed by atoms with Gasteiger partial charge in [-0.15, -0.1) is 0 Å². The van der Waals surface area contributed by atoms with Gasteiger partial charge in [0.1, 0.15) is 0 Å². The van der Waals surface area contributed by atoms with Gasteiger partial charge >= 0.3 is 0 Å². The van der Waals surface area contributed by atoms with Crippen molar-refractivity contribution in [1.29, 1.82) is 0 Å². The molecule has 6 nitrogen and oxygen atoms in total. The average Bonchev–Trinajstić information content (AvgIpc) is 2.56.